The smallest absolute Gasteiger partial charge is 0.354 e. The van der Waals surface area contributed by atoms with E-state index in [0.717, 1.165) is 11.0 Å². The summed E-state index contributed by atoms with van der Waals surface area (Å²) in [6.45, 7) is 2.03. The van der Waals surface area contributed by atoms with Crippen LogP contribution < -0.4 is 5.32 Å². The Labute approximate surface area is 172 Å². The van der Waals surface area contributed by atoms with Gasteiger partial charge >= 0.3 is 17.9 Å². The van der Waals surface area contributed by atoms with Gasteiger partial charge in [-0.05, 0) is 37.3 Å². The van der Waals surface area contributed by atoms with Crippen molar-refractivity contribution in [3.63, 3.8) is 0 Å². The molecular formula is C20H20N2O6S. The zero-order valence-electron chi connectivity index (χ0n) is 16.1. The maximum absolute atomic E-state index is 11.9. The molecule has 0 amide bonds. The molecule has 1 aromatic heterocycles. The molecule has 0 spiro atoms. The van der Waals surface area contributed by atoms with Gasteiger partial charge in [0.2, 0.25) is 0 Å². The highest BCUT2D eigenvalue weighted by molar-refractivity contribution is 7.99. The molecule has 0 unspecified atom stereocenters. The largest absolute Gasteiger partial charge is 0.466 e. The van der Waals surface area contributed by atoms with Gasteiger partial charge in [-0.2, -0.15) is 0 Å². The van der Waals surface area contributed by atoms with Crippen LogP contribution in [0.15, 0.2) is 64.3 Å². The third kappa shape index (κ3) is 6.65. The third-order valence-corrected chi connectivity index (χ3v) is 4.37. The maximum Gasteiger partial charge on any atom is 0.354 e. The predicted octanol–water partition coefficient (Wildman–Crippen LogP) is 3.05. The molecule has 8 nitrogen and oxygen atoms in total. The summed E-state index contributed by atoms with van der Waals surface area (Å²) in [5.74, 6) is -1.82. The van der Waals surface area contributed by atoms with Gasteiger partial charge in [0.15, 0.2) is 0 Å². The van der Waals surface area contributed by atoms with Crippen molar-refractivity contribution >= 4 is 35.4 Å². The van der Waals surface area contributed by atoms with Crippen LogP contribution in [0.2, 0.25) is 0 Å². The number of aromatic nitrogens is 1. The molecule has 2 rings (SSSR count). The Bertz CT molecular complexity index is 929. The number of pyridine rings is 1. The van der Waals surface area contributed by atoms with Gasteiger partial charge in [-0.15, -0.1) is 0 Å². The second-order valence-electron chi connectivity index (χ2n) is 5.43. The highest BCUT2D eigenvalue weighted by atomic mass is 32.2. The van der Waals surface area contributed by atoms with Gasteiger partial charge in [-0.3, -0.25) is 0 Å². The van der Waals surface area contributed by atoms with Crippen molar-refractivity contribution in [3.05, 3.63) is 59.9 Å². The van der Waals surface area contributed by atoms with Crippen molar-refractivity contribution in [1.29, 1.82) is 0 Å². The molecule has 0 aliphatic heterocycles. The molecule has 0 fully saturated rings. The molecule has 0 bridgehead atoms. The van der Waals surface area contributed by atoms with Crippen LogP contribution in [0.3, 0.4) is 0 Å². The van der Waals surface area contributed by atoms with Crippen LogP contribution in [-0.4, -0.2) is 43.7 Å². The molecule has 1 heterocycles. The summed E-state index contributed by atoms with van der Waals surface area (Å²) >= 11 is 1.32. The van der Waals surface area contributed by atoms with E-state index in [1.807, 2.05) is 6.07 Å². The Morgan fingerprint density at radius 3 is 2.62 bits per heavy atom. The minimum absolute atomic E-state index is 0.0658. The van der Waals surface area contributed by atoms with Gasteiger partial charge in [0.25, 0.3) is 0 Å². The van der Waals surface area contributed by atoms with Crippen LogP contribution in [0.25, 0.3) is 0 Å². The Morgan fingerprint density at radius 2 is 1.93 bits per heavy atom. The molecule has 0 atom stereocenters. The standard InChI is InChI=1S/C20H20N2O6S/c1-4-28-19(24)13-8-9-21-17(10-13)29-15-7-5-6-14(11-15)22-16(20(25)27-3)12-18(23)26-2/h5-12,22H,4H2,1-3H3/b16-12+. The summed E-state index contributed by atoms with van der Waals surface area (Å²) in [5.41, 5.74) is 0.897. The van der Waals surface area contributed by atoms with Crippen molar-refractivity contribution in [2.24, 2.45) is 0 Å². The molecule has 0 saturated carbocycles. The fourth-order valence-corrected chi connectivity index (χ4v) is 3.03. The Kier molecular flexibility index (Phi) is 8.23. The third-order valence-electron chi connectivity index (χ3n) is 3.45. The fourth-order valence-electron chi connectivity index (χ4n) is 2.15. The molecule has 0 saturated heterocycles. The lowest BCUT2D eigenvalue weighted by molar-refractivity contribution is -0.138. The van der Waals surface area contributed by atoms with Crippen LogP contribution in [0.4, 0.5) is 5.69 Å². The van der Waals surface area contributed by atoms with Crippen LogP contribution >= 0.6 is 11.8 Å². The number of carbonyl (C=O) groups is 3. The van der Waals surface area contributed by atoms with Crippen LogP contribution in [0, 0.1) is 0 Å². The number of methoxy groups -OCH3 is 2. The lowest BCUT2D eigenvalue weighted by atomic mass is 10.3. The predicted molar refractivity (Wildman–Crippen MR) is 106 cm³/mol. The molecule has 29 heavy (non-hydrogen) atoms. The number of carbonyl (C=O) groups excluding carboxylic acids is 3. The summed E-state index contributed by atoms with van der Waals surface area (Å²) < 4.78 is 14.2. The zero-order valence-corrected chi connectivity index (χ0v) is 16.9. The number of anilines is 1. The highest BCUT2D eigenvalue weighted by Crippen LogP contribution is 2.29. The van der Waals surface area contributed by atoms with E-state index in [9.17, 15) is 14.4 Å². The first-order valence-corrected chi connectivity index (χ1v) is 9.34. The lowest BCUT2D eigenvalue weighted by Gasteiger charge is -2.10. The van der Waals surface area contributed by atoms with E-state index in [0.29, 0.717) is 22.9 Å². The van der Waals surface area contributed by atoms with Crippen molar-refractivity contribution in [2.45, 2.75) is 16.8 Å². The van der Waals surface area contributed by atoms with E-state index in [-0.39, 0.29) is 5.70 Å². The summed E-state index contributed by atoms with van der Waals surface area (Å²) in [7, 11) is 2.42. The second kappa shape index (κ2) is 10.9. The Morgan fingerprint density at radius 1 is 1.14 bits per heavy atom. The summed E-state index contributed by atoms with van der Waals surface area (Å²) in [4.78, 5) is 40.3. The summed E-state index contributed by atoms with van der Waals surface area (Å²) in [6.07, 6.45) is 2.54. The van der Waals surface area contributed by atoms with Gasteiger partial charge in [-0.25, -0.2) is 19.4 Å². The van der Waals surface area contributed by atoms with Crippen molar-refractivity contribution in [1.82, 2.24) is 4.98 Å². The van der Waals surface area contributed by atoms with E-state index in [1.54, 1.807) is 37.3 Å². The normalized spacial score (nSPS) is 10.8. The van der Waals surface area contributed by atoms with Crippen LogP contribution in [0.5, 0.6) is 0 Å². The number of esters is 3. The van der Waals surface area contributed by atoms with E-state index >= 15 is 0 Å². The number of rotatable bonds is 8. The summed E-state index contributed by atoms with van der Waals surface area (Å²) in [5, 5.41) is 3.45. The summed E-state index contributed by atoms with van der Waals surface area (Å²) in [6, 6.07) is 10.3. The number of ether oxygens (including phenoxy) is 3. The average Bonchev–Trinajstić information content (AvgIpc) is 2.73. The molecule has 9 heteroatoms. The average molecular weight is 416 g/mol. The molecular weight excluding hydrogens is 396 g/mol. The molecule has 0 aliphatic rings. The number of nitrogens with zero attached hydrogens (tertiary/aromatic N) is 1. The number of nitrogens with one attached hydrogen (secondary N) is 1. The lowest BCUT2D eigenvalue weighted by Crippen LogP contribution is -2.15. The zero-order chi connectivity index (χ0) is 21.2. The van der Waals surface area contributed by atoms with Gasteiger partial charge in [0.1, 0.15) is 10.7 Å². The minimum Gasteiger partial charge on any atom is -0.466 e. The van der Waals surface area contributed by atoms with E-state index in [1.165, 1.54) is 32.2 Å². The van der Waals surface area contributed by atoms with Crippen LogP contribution in [0.1, 0.15) is 17.3 Å². The number of benzene rings is 1. The topological polar surface area (TPSA) is 104 Å². The van der Waals surface area contributed by atoms with Gasteiger partial charge in [0.05, 0.1) is 32.5 Å². The maximum atomic E-state index is 11.9. The van der Waals surface area contributed by atoms with E-state index < -0.39 is 17.9 Å². The van der Waals surface area contributed by atoms with E-state index in [2.05, 4.69) is 19.8 Å². The molecule has 2 aromatic rings. The SMILES string of the molecule is CCOC(=O)c1ccnc(Sc2cccc(N/C(=C/C(=O)OC)C(=O)OC)c2)c1. The van der Waals surface area contributed by atoms with Crippen molar-refractivity contribution in [3.8, 4) is 0 Å². The molecule has 152 valence electrons. The van der Waals surface area contributed by atoms with Gasteiger partial charge < -0.3 is 19.5 Å². The quantitative estimate of drug-likeness (QED) is 0.395. The van der Waals surface area contributed by atoms with E-state index in [4.69, 9.17) is 4.74 Å². The minimum atomic E-state index is -0.711. The molecule has 0 radical (unpaired) electrons. The second-order valence-corrected chi connectivity index (χ2v) is 6.52. The first-order valence-electron chi connectivity index (χ1n) is 8.53. The Hall–Kier alpha value is -3.33. The van der Waals surface area contributed by atoms with Crippen molar-refractivity contribution in [2.75, 3.05) is 26.1 Å². The highest BCUT2D eigenvalue weighted by Gasteiger charge is 2.13. The Balaban J connectivity index is 2.20. The van der Waals surface area contributed by atoms with Gasteiger partial charge in [0, 0.05) is 16.8 Å². The van der Waals surface area contributed by atoms with Crippen molar-refractivity contribution < 1.29 is 28.6 Å². The fraction of sp³-hybridized carbons (Fsp3) is 0.200. The molecule has 1 N–H and O–H groups in total. The van der Waals surface area contributed by atoms with Gasteiger partial charge in [-0.1, -0.05) is 17.8 Å². The first kappa shape index (κ1) is 22.0. The molecule has 1 aromatic carbocycles. The number of hydrogen-bond donors (Lipinski definition) is 1. The molecule has 0 aliphatic carbocycles. The monoisotopic (exact) mass is 416 g/mol. The van der Waals surface area contributed by atoms with Crippen LogP contribution in [-0.2, 0) is 23.8 Å². The number of hydrogen-bond acceptors (Lipinski definition) is 9. The first-order chi connectivity index (χ1) is 14.0.